The van der Waals surface area contributed by atoms with Crippen LogP contribution in [0.1, 0.15) is 35.2 Å². The van der Waals surface area contributed by atoms with Gasteiger partial charge in [-0.25, -0.2) is 9.97 Å². The molecule has 29 heavy (non-hydrogen) atoms. The van der Waals surface area contributed by atoms with Crippen LogP contribution in [0.25, 0.3) is 0 Å². The predicted octanol–water partition coefficient (Wildman–Crippen LogP) is 0.735. The topological polar surface area (TPSA) is 98.6 Å². The molecule has 3 aliphatic rings. The molecule has 0 bridgehead atoms. The number of hydrogen-bond donors (Lipinski definition) is 1. The number of fused-ring (bicyclic) bond motifs is 2. The molecular weight excluding hydrogens is 374 g/mol. The summed E-state index contributed by atoms with van der Waals surface area (Å²) in [6, 6.07) is 4.86. The summed E-state index contributed by atoms with van der Waals surface area (Å²) in [6.07, 6.45) is 5.18. The van der Waals surface area contributed by atoms with Crippen LogP contribution >= 0.6 is 0 Å². The molecule has 2 atom stereocenters. The zero-order valence-corrected chi connectivity index (χ0v) is 16.2. The summed E-state index contributed by atoms with van der Waals surface area (Å²) in [6.45, 7) is 2.45. The van der Waals surface area contributed by atoms with Crippen molar-refractivity contribution in [2.24, 2.45) is 5.92 Å². The summed E-state index contributed by atoms with van der Waals surface area (Å²) < 4.78 is 12.6. The minimum Gasteiger partial charge on any atom is -0.481 e. The van der Waals surface area contributed by atoms with Gasteiger partial charge < -0.3 is 24.3 Å². The fourth-order valence-electron chi connectivity index (χ4n) is 4.64. The molecule has 0 saturated carbocycles. The lowest BCUT2D eigenvalue weighted by molar-refractivity contribution is -0.146. The van der Waals surface area contributed by atoms with Crippen molar-refractivity contribution in [3.05, 3.63) is 42.1 Å². The van der Waals surface area contributed by atoms with Gasteiger partial charge in [-0.05, 0) is 12.5 Å². The standard InChI is InChI=1S/C20H23N5O4/c1-28-16-4-2-3-14(22-16)18(26)23-15-9-20(25-7-6-21-17(15)25)11-24(12-20)19(27)13-5-8-29-10-13/h2-4,6-7,13,15H,5,8-12H2,1H3,(H,23,26). The summed E-state index contributed by atoms with van der Waals surface area (Å²) >= 11 is 0. The molecule has 1 spiro atoms. The van der Waals surface area contributed by atoms with Gasteiger partial charge in [0, 0.05) is 44.6 Å². The number of carbonyl (C=O) groups is 2. The first-order valence-corrected chi connectivity index (χ1v) is 9.82. The SMILES string of the molecule is COc1cccc(C(=O)NC2CC3(CN(C(=O)C4CCOC4)C3)n3ccnc32)n1. The smallest absolute Gasteiger partial charge is 0.270 e. The van der Waals surface area contributed by atoms with Crippen LogP contribution in [-0.2, 0) is 15.1 Å². The number of carbonyl (C=O) groups excluding carboxylic acids is 2. The van der Waals surface area contributed by atoms with E-state index in [0.29, 0.717) is 44.3 Å². The second-order valence-electron chi connectivity index (χ2n) is 7.93. The molecule has 2 aromatic heterocycles. The Morgan fingerprint density at radius 1 is 1.34 bits per heavy atom. The van der Waals surface area contributed by atoms with Gasteiger partial charge in [-0.1, -0.05) is 6.07 Å². The number of pyridine rings is 1. The molecule has 0 aliphatic carbocycles. The number of likely N-dealkylation sites (tertiary alicyclic amines) is 1. The van der Waals surface area contributed by atoms with Crippen LogP contribution in [0.2, 0.25) is 0 Å². The van der Waals surface area contributed by atoms with Crippen molar-refractivity contribution < 1.29 is 19.1 Å². The number of hydrogen-bond acceptors (Lipinski definition) is 6. The first-order valence-electron chi connectivity index (χ1n) is 9.82. The molecule has 9 nitrogen and oxygen atoms in total. The molecular formula is C20H23N5O4. The second kappa shape index (κ2) is 6.84. The molecule has 9 heteroatoms. The predicted molar refractivity (Wildman–Crippen MR) is 101 cm³/mol. The van der Waals surface area contributed by atoms with Gasteiger partial charge in [0.25, 0.3) is 5.91 Å². The van der Waals surface area contributed by atoms with Gasteiger partial charge in [-0.15, -0.1) is 0 Å². The third kappa shape index (κ3) is 2.96. The van der Waals surface area contributed by atoms with Gasteiger partial charge >= 0.3 is 0 Å². The largest absolute Gasteiger partial charge is 0.481 e. The van der Waals surface area contributed by atoms with E-state index < -0.39 is 0 Å². The Bertz CT molecular complexity index is 946. The lowest BCUT2D eigenvalue weighted by atomic mass is 9.85. The normalized spacial score (nSPS) is 24.2. The Morgan fingerprint density at radius 3 is 2.97 bits per heavy atom. The van der Waals surface area contributed by atoms with Gasteiger partial charge in [0.05, 0.1) is 31.2 Å². The number of amides is 2. The molecule has 3 aliphatic heterocycles. The fourth-order valence-corrected chi connectivity index (χ4v) is 4.64. The number of imidazole rings is 1. The monoisotopic (exact) mass is 397 g/mol. The Labute approximate surface area is 168 Å². The van der Waals surface area contributed by atoms with Crippen LogP contribution in [0.5, 0.6) is 5.88 Å². The Morgan fingerprint density at radius 2 is 2.21 bits per heavy atom. The van der Waals surface area contributed by atoms with E-state index in [1.165, 1.54) is 7.11 Å². The average Bonchev–Trinajstić information content (AvgIpc) is 3.45. The van der Waals surface area contributed by atoms with Crippen LogP contribution in [0.15, 0.2) is 30.6 Å². The van der Waals surface area contributed by atoms with Crippen LogP contribution < -0.4 is 10.1 Å². The maximum atomic E-state index is 12.7. The summed E-state index contributed by atoms with van der Waals surface area (Å²) in [5.74, 6) is 1.09. The number of ether oxygens (including phenoxy) is 2. The van der Waals surface area contributed by atoms with Crippen LogP contribution in [-0.4, -0.2) is 64.7 Å². The minimum atomic E-state index is -0.268. The highest BCUT2D eigenvalue weighted by molar-refractivity contribution is 5.92. The Kier molecular flexibility index (Phi) is 4.27. The molecule has 5 heterocycles. The maximum absolute atomic E-state index is 12.7. The van der Waals surface area contributed by atoms with Crippen molar-refractivity contribution in [2.45, 2.75) is 24.4 Å². The van der Waals surface area contributed by atoms with Crippen molar-refractivity contribution in [1.29, 1.82) is 0 Å². The van der Waals surface area contributed by atoms with Gasteiger partial charge in [0.1, 0.15) is 11.5 Å². The van der Waals surface area contributed by atoms with Gasteiger partial charge in [-0.3, -0.25) is 9.59 Å². The molecule has 0 radical (unpaired) electrons. The van der Waals surface area contributed by atoms with Crippen molar-refractivity contribution in [1.82, 2.24) is 24.8 Å². The summed E-state index contributed by atoms with van der Waals surface area (Å²) in [7, 11) is 1.52. The summed E-state index contributed by atoms with van der Waals surface area (Å²) in [4.78, 5) is 35.9. The molecule has 2 unspecified atom stereocenters. The number of aromatic nitrogens is 3. The number of methoxy groups -OCH3 is 1. The molecule has 2 amide bonds. The number of nitrogens with zero attached hydrogens (tertiary/aromatic N) is 4. The molecule has 0 aromatic carbocycles. The second-order valence-corrected chi connectivity index (χ2v) is 7.93. The lowest BCUT2D eigenvalue weighted by Crippen LogP contribution is -2.64. The quantitative estimate of drug-likeness (QED) is 0.817. The van der Waals surface area contributed by atoms with E-state index in [2.05, 4.69) is 19.9 Å². The highest BCUT2D eigenvalue weighted by Crippen LogP contribution is 2.45. The van der Waals surface area contributed by atoms with Crippen LogP contribution in [0.4, 0.5) is 0 Å². The highest BCUT2D eigenvalue weighted by atomic mass is 16.5. The summed E-state index contributed by atoms with van der Waals surface area (Å²) in [5.41, 5.74) is 0.0933. The van der Waals surface area contributed by atoms with Gasteiger partial charge in [0.2, 0.25) is 11.8 Å². The van der Waals surface area contributed by atoms with Crippen LogP contribution in [0, 0.1) is 5.92 Å². The Hall–Kier alpha value is -2.94. The zero-order valence-electron chi connectivity index (χ0n) is 16.2. The van der Waals surface area contributed by atoms with Gasteiger partial charge in [0.15, 0.2) is 0 Å². The van der Waals surface area contributed by atoms with E-state index in [-0.39, 0.29) is 29.3 Å². The van der Waals surface area contributed by atoms with Crippen molar-refractivity contribution in [2.75, 3.05) is 33.4 Å². The molecule has 152 valence electrons. The van der Waals surface area contributed by atoms with Gasteiger partial charge in [-0.2, -0.15) is 0 Å². The molecule has 2 fully saturated rings. The third-order valence-electron chi connectivity index (χ3n) is 6.11. The molecule has 2 saturated heterocycles. The van der Waals surface area contributed by atoms with Crippen molar-refractivity contribution in [3.8, 4) is 5.88 Å². The first-order chi connectivity index (χ1) is 14.1. The van der Waals surface area contributed by atoms with E-state index in [1.807, 2.05) is 11.1 Å². The molecule has 5 rings (SSSR count). The first kappa shape index (κ1) is 18.1. The van der Waals surface area contributed by atoms with Crippen LogP contribution in [0.3, 0.4) is 0 Å². The van der Waals surface area contributed by atoms with Crippen molar-refractivity contribution in [3.63, 3.8) is 0 Å². The fraction of sp³-hybridized carbons (Fsp3) is 0.500. The molecule has 1 N–H and O–H groups in total. The van der Waals surface area contributed by atoms with E-state index in [4.69, 9.17) is 9.47 Å². The molecule has 2 aromatic rings. The van der Waals surface area contributed by atoms with E-state index in [1.54, 1.807) is 24.4 Å². The lowest BCUT2D eigenvalue weighted by Gasteiger charge is -2.49. The zero-order chi connectivity index (χ0) is 20.0. The van der Waals surface area contributed by atoms with Crippen molar-refractivity contribution >= 4 is 11.8 Å². The van der Waals surface area contributed by atoms with E-state index in [0.717, 1.165) is 12.2 Å². The average molecular weight is 397 g/mol. The summed E-state index contributed by atoms with van der Waals surface area (Å²) in [5, 5.41) is 3.05. The highest BCUT2D eigenvalue weighted by Gasteiger charge is 2.54. The number of rotatable bonds is 4. The minimum absolute atomic E-state index is 0.0226. The number of nitrogens with one attached hydrogen (secondary N) is 1. The van der Waals surface area contributed by atoms with E-state index >= 15 is 0 Å². The third-order valence-corrected chi connectivity index (χ3v) is 6.11. The van der Waals surface area contributed by atoms with E-state index in [9.17, 15) is 9.59 Å². The maximum Gasteiger partial charge on any atom is 0.270 e. The Balaban J connectivity index is 1.29.